The van der Waals surface area contributed by atoms with Crippen molar-refractivity contribution in [1.82, 2.24) is 0 Å². The minimum absolute atomic E-state index is 0.0986. The number of rotatable bonds is 1. The molecule has 2 aliphatic rings. The van der Waals surface area contributed by atoms with Crippen molar-refractivity contribution in [3.8, 4) is 0 Å². The second-order valence-electron chi connectivity index (χ2n) is 5.72. The van der Waals surface area contributed by atoms with Gasteiger partial charge in [-0.15, -0.1) is 0 Å². The molecule has 18 heavy (non-hydrogen) atoms. The Morgan fingerprint density at radius 2 is 2.00 bits per heavy atom. The highest BCUT2D eigenvalue weighted by molar-refractivity contribution is 5.86. The molecule has 0 saturated carbocycles. The van der Waals surface area contributed by atoms with Crippen molar-refractivity contribution in [2.75, 3.05) is 6.54 Å². The minimum Gasteiger partial charge on any atom is -0.288 e. The largest absolute Gasteiger partial charge is 0.288 e. The first-order chi connectivity index (χ1) is 8.49. The molecular formula is C15H15F2N. The molecule has 1 heterocycles. The smallest absolute Gasteiger partial charge is 0.159 e. The van der Waals surface area contributed by atoms with Crippen LogP contribution in [0.3, 0.4) is 0 Å². The van der Waals surface area contributed by atoms with Gasteiger partial charge in [0.25, 0.3) is 0 Å². The maximum atomic E-state index is 13.3. The minimum atomic E-state index is -0.787. The third kappa shape index (κ3) is 1.61. The summed E-state index contributed by atoms with van der Waals surface area (Å²) >= 11 is 0. The first kappa shape index (κ1) is 11.6. The Balaban J connectivity index is 2.03. The van der Waals surface area contributed by atoms with Crippen molar-refractivity contribution in [3.63, 3.8) is 0 Å². The first-order valence-electron chi connectivity index (χ1n) is 6.17. The quantitative estimate of drug-likeness (QED) is 0.714. The lowest BCUT2D eigenvalue weighted by Crippen LogP contribution is -2.12. The second-order valence-corrected chi connectivity index (χ2v) is 5.72. The van der Waals surface area contributed by atoms with Gasteiger partial charge in [0, 0.05) is 12.1 Å². The van der Waals surface area contributed by atoms with E-state index in [1.54, 1.807) is 6.07 Å². The zero-order chi connectivity index (χ0) is 12.9. The van der Waals surface area contributed by atoms with Gasteiger partial charge >= 0.3 is 0 Å². The Morgan fingerprint density at radius 1 is 1.22 bits per heavy atom. The van der Waals surface area contributed by atoms with Crippen LogP contribution in [0.15, 0.2) is 34.3 Å². The van der Waals surface area contributed by atoms with Crippen LogP contribution in [0.25, 0.3) is 0 Å². The van der Waals surface area contributed by atoms with Gasteiger partial charge in [-0.05, 0) is 40.7 Å². The lowest BCUT2D eigenvalue weighted by molar-refractivity contribution is 0.418. The fourth-order valence-electron chi connectivity index (χ4n) is 3.08. The van der Waals surface area contributed by atoms with E-state index in [-0.39, 0.29) is 11.3 Å². The Bertz CT molecular complexity index is 570. The summed E-state index contributed by atoms with van der Waals surface area (Å²) in [5.74, 6) is -1.41. The van der Waals surface area contributed by atoms with Gasteiger partial charge in [0.15, 0.2) is 11.6 Å². The fraction of sp³-hybridized carbons (Fsp3) is 0.400. The average Bonchev–Trinajstić information content (AvgIpc) is 2.86. The van der Waals surface area contributed by atoms with E-state index < -0.39 is 11.6 Å². The zero-order valence-electron chi connectivity index (χ0n) is 10.5. The molecule has 0 radical (unpaired) electrons. The fourth-order valence-corrected chi connectivity index (χ4v) is 3.08. The third-order valence-electron chi connectivity index (χ3n) is 4.08. The van der Waals surface area contributed by atoms with Crippen molar-refractivity contribution in [1.29, 1.82) is 0 Å². The van der Waals surface area contributed by atoms with Gasteiger partial charge in [-0.2, -0.15) is 0 Å². The van der Waals surface area contributed by atoms with E-state index >= 15 is 0 Å². The molecule has 0 amide bonds. The standard InChI is InChI=1S/C15H15F2N/c1-15(2)6-10(11-7-18-8-12(11)15)9-3-4-13(16)14(17)5-9/h3-5,7,10H,6,8H2,1-2H3. The van der Waals surface area contributed by atoms with Crippen LogP contribution in [0.1, 0.15) is 31.7 Å². The molecule has 0 aromatic heterocycles. The van der Waals surface area contributed by atoms with E-state index in [0.29, 0.717) is 0 Å². The van der Waals surface area contributed by atoms with Crippen LogP contribution in [0, 0.1) is 17.0 Å². The van der Waals surface area contributed by atoms with E-state index in [2.05, 4.69) is 18.8 Å². The molecule has 1 aliphatic carbocycles. The van der Waals surface area contributed by atoms with E-state index in [9.17, 15) is 8.78 Å². The van der Waals surface area contributed by atoms with Crippen LogP contribution in [0.5, 0.6) is 0 Å². The van der Waals surface area contributed by atoms with Gasteiger partial charge < -0.3 is 0 Å². The number of allylic oxidation sites excluding steroid dienone is 1. The number of hydrogen-bond acceptors (Lipinski definition) is 1. The van der Waals surface area contributed by atoms with Crippen LogP contribution in [-0.4, -0.2) is 12.8 Å². The molecule has 1 unspecified atom stereocenters. The molecule has 1 aromatic rings. The lowest BCUT2D eigenvalue weighted by Gasteiger charge is -2.22. The molecule has 0 fully saturated rings. The maximum absolute atomic E-state index is 13.3. The van der Waals surface area contributed by atoms with Gasteiger partial charge in [0.1, 0.15) is 0 Å². The van der Waals surface area contributed by atoms with E-state index in [0.717, 1.165) is 18.5 Å². The molecule has 3 rings (SSSR count). The summed E-state index contributed by atoms with van der Waals surface area (Å²) in [5, 5.41) is 0. The second kappa shape index (κ2) is 3.74. The highest BCUT2D eigenvalue weighted by atomic mass is 19.2. The Hall–Kier alpha value is -1.51. The molecule has 94 valence electrons. The summed E-state index contributed by atoms with van der Waals surface area (Å²) in [6, 6.07) is 4.21. The van der Waals surface area contributed by atoms with E-state index in [4.69, 9.17) is 0 Å². The molecule has 0 spiro atoms. The molecule has 0 saturated heterocycles. The third-order valence-corrected chi connectivity index (χ3v) is 4.08. The molecule has 1 aromatic carbocycles. The van der Waals surface area contributed by atoms with Crippen LogP contribution in [-0.2, 0) is 0 Å². The monoisotopic (exact) mass is 247 g/mol. The average molecular weight is 247 g/mol. The number of halogens is 2. The van der Waals surface area contributed by atoms with Crippen LogP contribution in [0.2, 0.25) is 0 Å². The molecule has 1 nitrogen and oxygen atoms in total. The summed E-state index contributed by atoms with van der Waals surface area (Å²) < 4.78 is 26.3. The molecular weight excluding hydrogens is 232 g/mol. The van der Waals surface area contributed by atoms with Gasteiger partial charge in [0.2, 0.25) is 0 Å². The van der Waals surface area contributed by atoms with Crippen LogP contribution in [0.4, 0.5) is 8.78 Å². The summed E-state index contributed by atoms with van der Waals surface area (Å²) in [5.41, 5.74) is 3.49. The van der Waals surface area contributed by atoms with Crippen molar-refractivity contribution >= 4 is 6.21 Å². The highest BCUT2D eigenvalue weighted by Crippen LogP contribution is 2.51. The maximum Gasteiger partial charge on any atom is 0.159 e. The van der Waals surface area contributed by atoms with Crippen molar-refractivity contribution in [3.05, 3.63) is 46.5 Å². The van der Waals surface area contributed by atoms with Crippen LogP contribution >= 0.6 is 0 Å². The molecule has 1 atom stereocenters. The van der Waals surface area contributed by atoms with Crippen molar-refractivity contribution in [2.24, 2.45) is 10.4 Å². The Kier molecular flexibility index (Phi) is 2.40. The molecule has 1 aliphatic heterocycles. The summed E-state index contributed by atoms with van der Waals surface area (Å²) in [6.07, 6.45) is 2.84. The Labute approximate surface area is 105 Å². The number of nitrogens with zero attached hydrogens (tertiary/aromatic N) is 1. The molecule has 3 heteroatoms. The number of benzene rings is 1. The molecule has 0 bridgehead atoms. The predicted molar refractivity (Wildman–Crippen MR) is 67.9 cm³/mol. The van der Waals surface area contributed by atoms with Crippen LogP contribution < -0.4 is 0 Å². The first-order valence-corrected chi connectivity index (χ1v) is 6.17. The summed E-state index contributed by atoms with van der Waals surface area (Å²) in [4.78, 5) is 4.31. The van der Waals surface area contributed by atoms with Crippen molar-refractivity contribution < 1.29 is 8.78 Å². The Morgan fingerprint density at radius 3 is 2.72 bits per heavy atom. The van der Waals surface area contributed by atoms with Crippen molar-refractivity contribution in [2.45, 2.75) is 26.2 Å². The number of hydrogen-bond donors (Lipinski definition) is 0. The van der Waals surface area contributed by atoms with E-state index in [1.807, 2.05) is 6.21 Å². The lowest BCUT2D eigenvalue weighted by atomic mass is 9.83. The topological polar surface area (TPSA) is 12.4 Å². The van der Waals surface area contributed by atoms with Gasteiger partial charge in [-0.3, -0.25) is 4.99 Å². The van der Waals surface area contributed by atoms with Gasteiger partial charge in [-0.25, -0.2) is 8.78 Å². The highest BCUT2D eigenvalue weighted by Gasteiger charge is 2.40. The molecule has 0 N–H and O–H groups in total. The SMILES string of the molecule is CC1(C)CC(c2ccc(F)c(F)c2)C2=C1CN=C2. The summed E-state index contributed by atoms with van der Waals surface area (Å²) in [6.45, 7) is 5.14. The van der Waals surface area contributed by atoms with Gasteiger partial charge in [0.05, 0.1) is 6.54 Å². The predicted octanol–water partition coefficient (Wildman–Crippen LogP) is 3.86. The van der Waals surface area contributed by atoms with E-state index in [1.165, 1.54) is 23.3 Å². The number of aliphatic imine (C=N–C) groups is 1. The zero-order valence-corrected chi connectivity index (χ0v) is 10.5. The van der Waals surface area contributed by atoms with Gasteiger partial charge in [-0.1, -0.05) is 19.9 Å². The normalized spacial score (nSPS) is 24.8. The summed E-state index contributed by atoms with van der Waals surface area (Å²) in [7, 11) is 0.